The van der Waals surface area contributed by atoms with Crippen LogP contribution in [0.25, 0.3) is 0 Å². The molecule has 5 nitrogen and oxygen atoms in total. The standard InChI is InChI=1S/C10H20N2O3.ClH/c1-11-7-3-5-9(13)12-8-4-6-10(14)15-2;/h11H,3-8H2,1-2H3,(H,12,13);1H. The highest BCUT2D eigenvalue weighted by Crippen LogP contribution is 1.91. The number of esters is 1. The number of halogens is 1. The Morgan fingerprint density at radius 1 is 1.12 bits per heavy atom. The van der Waals surface area contributed by atoms with Crippen LogP contribution in [0.3, 0.4) is 0 Å². The summed E-state index contributed by atoms with van der Waals surface area (Å²) < 4.78 is 4.48. The normalized spacial score (nSPS) is 9.12. The van der Waals surface area contributed by atoms with Gasteiger partial charge in [-0.2, -0.15) is 0 Å². The largest absolute Gasteiger partial charge is 0.469 e. The number of hydrogen-bond donors (Lipinski definition) is 2. The van der Waals surface area contributed by atoms with Gasteiger partial charge in [0.05, 0.1) is 7.11 Å². The van der Waals surface area contributed by atoms with Gasteiger partial charge in [-0.15, -0.1) is 12.4 Å². The molecule has 1 amide bonds. The van der Waals surface area contributed by atoms with Crippen molar-refractivity contribution < 1.29 is 14.3 Å². The minimum Gasteiger partial charge on any atom is -0.469 e. The predicted molar refractivity (Wildman–Crippen MR) is 64.7 cm³/mol. The van der Waals surface area contributed by atoms with Crippen LogP contribution >= 0.6 is 12.4 Å². The summed E-state index contributed by atoms with van der Waals surface area (Å²) >= 11 is 0. The van der Waals surface area contributed by atoms with Crippen LogP contribution in [0.2, 0.25) is 0 Å². The second kappa shape index (κ2) is 12.3. The summed E-state index contributed by atoms with van der Waals surface area (Å²) in [4.78, 5) is 21.9. The van der Waals surface area contributed by atoms with Gasteiger partial charge >= 0.3 is 5.97 Å². The molecule has 0 heterocycles. The number of rotatable bonds is 8. The Balaban J connectivity index is 0. The smallest absolute Gasteiger partial charge is 0.305 e. The Labute approximate surface area is 103 Å². The molecule has 0 aromatic heterocycles. The van der Waals surface area contributed by atoms with Crippen molar-refractivity contribution in [3.05, 3.63) is 0 Å². The van der Waals surface area contributed by atoms with Crippen molar-refractivity contribution in [2.75, 3.05) is 27.2 Å². The van der Waals surface area contributed by atoms with E-state index in [1.807, 2.05) is 7.05 Å². The monoisotopic (exact) mass is 252 g/mol. The average Bonchev–Trinajstić information content (AvgIpc) is 2.24. The van der Waals surface area contributed by atoms with Gasteiger partial charge in [0.1, 0.15) is 0 Å². The second-order valence-corrected chi connectivity index (χ2v) is 3.24. The third-order valence-electron chi connectivity index (χ3n) is 1.94. The summed E-state index contributed by atoms with van der Waals surface area (Å²) in [6.07, 6.45) is 2.34. The summed E-state index contributed by atoms with van der Waals surface area (Å²) in [5.74, 6) is -0.199. The Morgan fingerprint density at radius 3 is 2.31 bits per heavy atom. The molecular formula is C10H21ClN2O3. The summed E-state index contributed by atoms with van der Waals surface area (Å²) in [6, 6.07) is 0. The van der Waals surface area contributed by atoms with Gasteiger partial charge in [-0.25, -0.2) is 0 Å². The van der Waals surface area contributed by atoms with Crippen molar-refractivity contribution in [3.8, 4) is 0 Å². The van der Waals surface area contributed by atoms with E-state index in [4.69, 9.17) is 0 Å². The molecule has 0 atom stereocenters. The zero-order valence-corrected chi connectivity index (χ0v) is 10.7. The molecule has 0 unspecified atom stereocenters. The lowest BCUT2D eigenvalue weighted by Gasteiger charge is -2.04. The first-order chi connectivity index (χ1) is 7.20. The molecule has 0 saturated heterocycles. The second-order valence-electron chi connectivity index (χ2n) is 3.24. The molecule has 0 aliphatic rings. The Bertz CT molecular complexity index is 201. The van der Waals surface area contributed by atoms with Gasteiger partial charge in [0.2, 0.25) is 5.91 Å². The van der Waals surface area contributed by atoms with Gasteiger partial charge in [0.25, 0.3) is 0 Å². The van der Waals surface area contributed by atoms with E-state index in [2.05, 4.69) is 15.4 Å². The summed E-state index contributed by atoms with van der Waals surface area (Å²) in [5.41, 5.74) is 0. The van der Waals surface area contributed by atoms with E-state index < -0.39 is 0 Å². The topological polar surface area (TPSA) is 67.4 Å². The number of amides is 1. The maximum Gasteiger partial charge on any atom is 0.305 e. The lowest BCUT2D eigenvalue weighted by Crippen LogP contribution is -2.25. The van der Waals surface area contributed by atoms with Crippen LogP contribution in [0.1, 0.15) is 25.7 Å². The number of carbonyl (C=O) groups is 2. The first-order valence-electron chi connectivity index (χ1n) is 5.18. The zero-order chi connectivity index (χ0) is 11.5. The van der Waals surface area contributed by atoms with Gasteiger partial charge in [-0.3, -0.25) is 9.59 Å². The van der Waals surface area contributed by atoms with Crippen LogP contribution in [0, 0.1) is 0 Å². The van der Waals surface area contributed by atoms with E-state index in [0.717, 1.165) is 13.0 Å². The minimum absolute atomic E-state index is 0. The van der Waals surface area contributed by atoms with Crippen molar-refractivity contribution in [2.45, 2.75) is 25.7 Å². The van der Waals surface area contributed by atoms with E-state index in [9.17, 15) is 9.59 Å². The summed E-state index contributed by atoms with van der Waals surface area (Å²) in [7, 11) is 3.22. The van der Waals surface area contributed by atoms with Crippen molar-refractivity contribution in [1.82, 2.24) is 10.6 Å². The predicted octanol–water partition coefficient (Wildman–Crippen LogP) is 0.477. The summed E-state index contributed by atoms with van der Waals surface area (Å²) in [6.45, 7) is 1.38. The molecule has 0 aromatic carbocycles. The number of hydrogen-bond acceptors (Lipinski definition) is 4. The molecule has 0 bridgehead atoms. The maximum atomic E-state index is 11.2. The Morgan fingerprint density at radius 2 is 1.75 bits per heavy atom. The summed E-state index contributed by atoms with van der Waals surface area (Å²) in [5, 5.41) is 5.72. The quantitative estimate of drug-likeness (QED) is 0.487. The highest BCUT2D eigenvalue weighted by Gasteiger charge is 2.02. The van der Waals surface area contributed by atoms with Crippen LogP contribution < -0.4 is 10.6 Å². The molecule has 0 aliphatic carbocycles. The maximum absolute atomic E-state index is 11.2. The van der Waals surface area contributed by atoms with E-state index >= 15 is 0 Å². The number of carbonyl (C=O) groups excluding carboxylic acids is 2. The van der Waals surface area contributed by atoms with Crippen LogP contribution in [-0.4, -0.2) is 39.1 Å². The molecule has 0 radical (unpaired) electrons. The lowest BCUT2D eigenvalue weighted by atomic mass is 10.2. The molecule has 16 heavy (non-hydrogen) atoms. The van der Waals surface area contributed by atoms with Crippen LogP contribution in [0.15, 0.2) is 0 Å². The third kappa shape index (κ3) is 11.3. The van der Waals surface area contributed by atoms with Crippen LogP contribution in [0.4, 0.5) is 0 Å². The Hall–Kier alpha value is -0.810. The fourth-order valence-corrected chi connectivity index (χ4v) is 1.08. The van der Waals surface area contributed by atoms with Crippen LogP contribution in [-0.2, 0) is 14.3 Å². The molecule has 0 spiro atoms. The first kappa shape index (κ1) is 17.6. The molecule has 2 N–H and O–H groups in total. The molecular weight excluding hydrogens is 232 g/mol. The van der Waals surface area contributed by atoms with Gasteiger partial charge in [-0.1, -0.05) is 0 Å². The highest BCUT2D eigenvalue weighted by atomic mass is 35.5. The number of ether oxygens (including phenoxy) is 1. The highest BCUT2D eigenvalue weighted by molar-refractivity contribution is 5.85. The zero-order valence-electron chi connectivity index (χ0n) is 9.88. The molecule has 0 fully saturated rings. The molecule has 0 saturated carbocycles. The van der Waals surface area contributed by atoms with E-state index in [1.54, 1.807) is 0 Å². The van der Waals surface area contributed by atoms with Gasteiger partial charge < -0.3 is 15.4 Å². The van der Waals surface area contributed by atoms with Gasteiger partial charge in [0.15, 0.2) is 0 Å². The van der Waals surface area contributed by atoms with Crippen molar-refractivity contribution >= 4 is 24.3 Å². The average molecular weight is 253 g/mol. The van der Waals surface area contributed by atoms with E-state index in [1.165, 1.54) is 7.11 Å². The molecule has 6 heteroatoms. The molecule has 96 valence electrons. The van der Waals surface area contributed by atoms with Gasteiger partial charge in [0, 0.05) is 19.4 Å². The van der Waals surface area contributed by atoms with Crippen molar-refractivity contribution in [3.63, 3.8) is 0 Å². The van der Waals surface area contributed by atoms with E-state index in [-0.39, 0.29) is 24.3 Å². The van der Waals surface area contributed by atoms with Crippen molar-refractivity contribution in [2.24, 2.45) is 0 Å². The minimum atomic E-state index is -0.237. The molecule has 0 aliphatic heterocycles. The number of methoxy groups -OCH3 is 1. The molecule has 0 rings (SSSR count). The number of nitrogens with one attached hydrogen (secondary N) is 2. The van der Waals surface area contributed by atoms with Crippen molar-refractivity contribution in [1.29, 1.82) is 0 Å². The third-order valence-corrected chi connectivity index (χ3v) is 1.94. The SMILES string of the molecule is CNCCCC(=O)NCCCC(=O)OC.Cl. The Kier molecular flexibility index (Phi) is 13.5. The molecule has 0 aromatic rings. The fourth-order valence-electron chi connectivity index (χ4n) is 1.08. The van der Waals surface area contributed by atoms with Gasteiger partial charge in [-0.05, 0) is 26.4 Å². The fraction of sp³-hybridized carbons (Fsp3) is 0.800. The lowest BCUT2D eigenvalue weighted by molar-refractivity contribution is -0.140. The van der Waals surface area contributed by atoms with E-state index in [0.29, 0.717) is 25.8 Å². The first-order valence-corrected chi connectivity index (χ1v) is 5.18. The van der Waals surface area contributed by atoms with Crippen LogP contribution in [0.5, 0.6) is 0 Å².